The fourth-order valence-electron chi connectivity index (χ4n) is 2.71. The molecule has 0 unspecified atom stereocenters. The zero-order valence-electron chi connectivity index (χ0n) is 16.3. The average Bonchev–Trinajstić information content (AvgIpc) is 3.00. The van der Waals surface area contributed by atoms with Crippen molar-refractivity contribution >= 4 is 51.9 Å². The van der Waals surface area contributed by atoms with Crippen molar-refractivity contribution in [3.8, 4) is 17.2 Å². The molecule has 0 saturated carbocycles. The summed E-state index contributed by atoms with van der Waals surface area (Å²) in [4.78, 5) is 25.6. The first-order chi connectivity index (χ1) is 14.4. The molecule has 156 valence electrons. The topological polar surface area (TPSA) is 85.3 Å². The number of amides is 1. The van der Waals surface area contributed by atoms with Crippen LogP contribution in [-0.4, -0.2) is 41.6 Å². The molecule has 7 nitrogen and oxygen atoms in total. The minimum absolute atomic E-state index is 0.223. The number of benzene rings is 2. The Morgan fingerprint density at radius 1 is 1.17 bits per heavy atom. The van der Waals surface area contributed by atoms with E-state index in [4.69, 9.17) is 31.5 Å². The molecule has 30 heavy (non-hydrogen) atoms. The van der Waals surface area contributed by atoms with Crippen LogP contribution >= 0.6 is 24.0 Å². The summed E-state index contributed by atoms with van der Waals surface area (Å²) in [6, 6.07) is 12.1. The Morgan fingerprint density at radius 2 is 1.90 bits per heavy atom. The summed E-state index contributed by atoms with van der Waals surface area (Å²) in [5, 5.41) is 8.80. The van der Waals surface area contributed by atoms with E-state index >= 15 is 0 Å². The van der Waals surface area contributed by atoms with Gasteiger partial charge >= 0.3 is 5.97 Å². The van der Waals surface area contributed by atoms with E-state index in [2.05, 4.69) is 0 Å². The molecule has 1 N–H and O–H groups in total. The second-order valence-electron chi connectivity index (χ2n) is 6.04. The lowest BCUT2D eigenvalue weighted by Gasteiger charge is -2.14. The first-order valence-electron chi connectivity index (χ1n) is 8.96. The van der Waals surface area contributed by atoms with E-state index < -0.39 is 12.6 Å². The average molecular weight is 446 g/mol. The van der Waals surface area contributed by atoms with Gasteiger partial charge in [-0.15, -0.1) is 0 Å². The Hall–Kier alpha value is -3.04. The number of thioether (sulfide) groups is 1. The zero-order chi connectivity index (χ0) is 21.7. The Bertz CT molecular complexity index is 1000. The van der Waals surface area contributed by atoms with Crippen LogP contribution in [0.3, 0.4) is 0 Å². The highest BCUT2D eigenvalue weighted by Crippen LogP contribution is 2.37. The molecule has 1 aliphatic rings. The van der Waals surface area contributed by atoms with Gasteiger partial charge in [0.25, 0.3) is 5.91 Å². The van der Waals surface area contributed by atoms with Crippen LogP contribution in [-0.2, 0) is 9.59 Å². The molecule has 2 aromatic rings. The molecule has 0 bridgehead atoms. The van der Waals surface area contributed by atoms with E-state index in [0.29, 0.717) is 44.3 Å². The van der Waals surface area contributed by atoms with Crippen molar-refractivity contribution in [2.75, 3.05) is 25.2 Å². The molecule has 1 amide bonds. The number of aliphatic carboxylic acids is 1. The molecular weight excluding hydrogens is 426 g/mol. The number of carboxylic acids is 1. The lowest BCUT2D eigenvalue weighted by molar-refractivity contribution is -0.139. The van der Waals surface area contributed by atoms with Gasteiger partial charge in [-0.3, -0.25) is 9.69 Å². The molecule has 3 rings (SSSR count). The fraction of sp³-hybridized carbons (Fsp3) is 0.190. The number of methoxy groups -OCH3 is 1. The van der Waals surface area contributed by atoms with Crippen molar-refractivity contribution in [1.29, 1.82) is 0 Å². The number of hydrogen-bond acceptors (Lipinski definition) is 7. The number of carbonyl (C=O) groups is 2. The van der Waals surface area contributed by atoms with Gasteiger partial charge in [0.2, 0.25) is 0 Å². The van der Waals surface area contributed by atoms with Crippen molar-refractivity contribution in [2.24, 2.45) is 0 Å². The van der Waals surface area contributed by atoms with Gasteiger partial charge in [-0.2, -0.15) is 0 Å². The second kappa shape index (κ2) is 9.64. The summed E-state index contributed by atoms with van der Waals surface area (Å²) >= 11 is 6.60. The molecule has 2 aromatic carbocycles. The van der Waals surface area contributed by atoms with Gasteiger partial charge in [0.1, 0.15) is 5.75 Å². The van der Waals surface area contributed by atoms with E-state index in [1.54, 1.807) is 55.7 Å². The Morgan fingerprint density at radius 3 is 2.53 bits per heavy atom. The lowest BCUT2D eigenvalue weighted by atomic mass is 10.1. The van der Waals surface area contributed by atoms with Crippen LogP contribution in [0.25, 0.3) is 6.08 Å². The summed E-state index contributed by atoms with van der Waals surface area (Å²) in [7, 11) is 1.58. The highest BCUT2D eigenvalue weighted by atomic mass is 32.2. The quantitative estimate of drug-likeness (QED) is 0.483. The lowest BCUT2D eigenvalue weighted by Crippen LogP contribution is -2.27. The Kier molecular flexibility index (Phi) is 6.96. The molecule has 0 aromatic heterocycles. The molecule has 0 spiro atoms. The van der Waals surface area contributed by atoms with Crippen LogP contribution in [0.2, 0.25) is 0 Å². The number of hydrogen-bond donors (Lipinski definition) is 1. The van der Waals surface area contributed by atoms with E-state index in [9.17, 15) is 9.59 Å². The van der Waals surface area contributed by atoms with Crippen LogP contribution < -0.4 is 19.1 Å². The van der Waals surface area contributed by atoms with Crippen LogP contribution in [0, 0.1) is 0 Å². The van der Waals surface area contributed by atoms with Crippen LogP contribution in [0.1, 0.15) is 12.5 Å². The van der Waals surface area contributed by atoms with Crippen LogP contribution in [0.15, 0.2) is 47.4 Å². The Labute approximate surface area is 183 Å². The number of nitrogens with zero attached hydrogens (tertiary/aromatic N) is 1. The summed E-state index contributed by atoms with van der Waals surface area (Å²) < 4.78 is 16.4. The predicted molar refractivity (Wildman–Crippen MR) is 119 cm³/mol. The van der Waals surface area contributed by atoms with Gasteiger partial charge in [-0.05, 0) is 55.0 Å². The monoisotopic (exact) mass is 445 g/mol. The molecule has 1 fully saturated rings. The number of thiocarbonyl (C=S) groups is 1. The number of carbonyl (C=O) groups excluding carboxylic acids is 1. The van der Waals surface area contributed by atoms with Crippen molar-refractivity contribution < 1.29 is 28.9 Å². The first-order valence-corrected chi connectivity index (χ1v) is 10.2. The van der Waals surface area contributed by atoms with Gasteiger partial charge < -0.3 is 19.3 Å². The molecule has 0 atom stereocenters. The second-order valence-corrected chi connectivity index (χ2v) is 7.71. The van der Waals surface area contributed by atoms with Gasteiger partial charge in [0.15, 0.2) is 22.4 Å². The number of anilines is 1. The summed E-state index contributed by atoms with van der Waals surface area (Å²) in [5.74, 6) is 0.108. The largest absolute Gasteiger partial charge is 0.497 e. The standard InChI is InChI=1S/C21H19NO6S2/c1-3-27-17-10-13(4-9-16(17)28-12-19(23)24)11-18-20(25)22(21(29)30-18)14-5-7-15(26-2)8-6-14/h4-11H,3,12H2,1-2H3,(H,23,24)/b18-11+. The van der Waals surface area contributed by atoms with Gasteiger partial charge in [0, 0.05) is 0 Å². The van der Waals surface area contributed by atoms with Crippen LogP contribution in [0.4, 0.5) is 5.69 Å². The number of rotatable bonds is 8. The van der Waals surface area contributed by atoms with Crippen molar-refractivity contribution in [3.05, 3.63) is 52.9 Å². The van der Waals surface area contributed by atoms with E-state index in [1.165, 1.54) is 16.7 Å². The molecule has 1 saturated heterocycles. The SMILES string of the molecule is CCOc1cc(/C=C2/SC(=S)N(c3ccc(OC)cc3)C2=O)ccc1OCC(=O)O. The summed E-state index contributed by atoms with van der Waals surface area (Å²) in [6.07, 6.45) is 1.71. The van der Waals surface area contributed by atoms with E-state index in [1.807, 2.05) is 6.92 Å². The van der Waals surface area contributed by atoms with Gasteiger partial charge in [-0.1, -0.05) is 30.0 Å². The third-order valence-corrected chi connectivity index (χ3v) is 5.34. The normalized spacial score (nSPS) is 14.9. The summed E-state index contributed by atoms with van der Waals surface area (Å²) in [5.41, 5.74) is 1.37. The highest BCUT2D eigenvalue weighted by molar-refractivity contribution is 8.27. The van der Waals surface area contributed by atoms with E-state index in [-0.39, 0.29) is 5.91 Å². The van der Waals surface area contributed by atoms with Crippen LogP contribution in [0.5, 0.6) is 17.2 Å². The molecule has 0 radical (unpaired) electrons. The number of carboxylic acid groups (broad SMARTS) is 1. The van der Waals surface area contributed by atoms with Gasteiger partial charge in [-0.25, -0.2) is 4.79 Å². The maximum atomic E-state index is 12.9. The summed E-state index contributed by atoms with van der Waals surface area (Å²) in [6.45, 7) is 1.72. The number of ether oxygens (including phenoxy) is 3. The van der Waals surface area contributed by atoms with Crippen molar-refractivity contribution in [2.45, 2.75) is 6.92 Å². The molecule has 0 aliphatic carbocycles. The molecular formula is C21H19NO6S2. The highest BCUT2D eigenvalue weighted by Gasteiger charge is 2.33. The third kappa shape index (κ3) is 4.92. The molecule has 1 aliphatic heterocycles. The van der Waals surface area contributed by atoms with E-state index in [0.717, 1.165) is 0 Å². The van der Waals surface area contributed by atoms with Gasteiger partial charge in [0.05, 0.1) is 24.3 Å². The van der Waals surface area contributed by atoms with Crippen molar-refractivity contribution in [1.82, 2.24) is 0 Å². The predicted octanol–water partition coefficient (Wildman–Crippen LogP) is 3.96. The maximum Gasteiger partial charge on any atom is 0.341 e. The van der Waals surface area contributed by atoms with Crippen molar-refractivity contribution in [3.63, 3.8) is 0 Å². The third-order valence-electron chi connectivity index (χ3n) is 4.04. The molecule has 1 heterocycles. The zero-order valence-corrected chi connectivity index (χ0v) is 17.9. The fourth-order valence-corrected chi connectivity index (χ4v) is 4.01. The smallest absolute Gasteiger partial charge is 0.341 e. The minimum atomic E-state index is -1.08. The Balaban J connectivity index is 1.85. The molecule has 9 heteroatoms. The first kappa shape index (κ1) is 21.7. The maximum absolute atomic E-state index is 12.9. The minimum Gasteiger partial charge on any atom is -0.497 e.